The molecule has 26 heavy (non-hydrogen) atoms. The smallest absolute Gasteiger partial charge is 0.407 e. The summed E-state index contributed by atoms with van der Waals surface area (Å²) < 4.78 is 34.1. The number of hydrogen-bond acceptors (Lipinski definition) is 8. The van der Waals surface area contributed by atoms with Gasteiger partial charge in [0.2, 0.25) is 15.6 Å². The Morgan fingerprint density at radius 3 is 2.50 bits per heavy atom. The summed E-state index contributed by atoms with van der Waals surface area (Å²) >= 11 is 0. The number of nitro groups is 1. The van der Waals surface area contributed by atoms with Gasteiger partial charge in [0.25, 0.3) is 5.03 Å². The topological polar surface area (TPSA) is 126 Å². The normalized spacial score (nSPS) is 11.0. The van der Waals surface area contributed by atoms with Gasteiger partial charge in [-0.1, -0.05) is 30.3 Å². The summed E-state index contributed by atoms with van der Waals surface area (Å²) in [6.07, 6.45) is -0.374. The first-order valence-corrected chi connectivity index (χ1v) is 9.10. The van der Waals surface area contributed by atoms with E-state index in [1.165, 1.54) is 6.07 Å². The summed E-state index contributed by atoms with van der Waals surface area (Å²) in [5.41, 5.74) is 0.788. The lowest BCUT2D eigenvalue weighted by Gasteiger charge is -2.07. The summed E-state index contributed by atoms with van der Waals surface area (Å²) in [5.74, 6) is -2.12. The van der Waals surface area contributed by atoms with Crippen molar-refractivity contribution in [2.24, 2.45) is 0 Å². The molecule has 0 bridgehead atoms. The van der Waals surface area contributed by atoms with E-state index >= 15 is 0 Å². The molecule has 2 rings (SSSR count). The lowest BCUT2D eigenvalue weighted by molar-refractivity contribution is -0.391. The monoisotopic (exact) mass is 380 g/mol. The van der Waals surface area contributed by atoms with Crippen LogP contribution in [-0.4, -0.2) is 37.2 Å². The zero-order valence-corrected chi connectivity index (χ0v) is 14.6. The highest BCUT2D eigenvalue weighted by molar-refractivity contribution is 7.91. The number of pyridine rings is 1. The number of carbonyl (C=O) groups is 1. The second-order valence-corrected chi connectivity index (χ2v) is 7.20. The second-order valence-electron chi connectivity index (χ2n) is 5.15. The third-order valence-electron chi connectivity index (χ3n) is 3.35. The zero-order chi connectivity index (χ0) is 19.2. The molecule has 1 aromatic heterocycles. The second kappa shape index (κ2) is 8.39. The highest BCUT2D eigenvalue weighted by Crippen LogP contribution is 2.27. The van der Waals surface area contributed by atoms with Gasteiger partial charge < -0.3 is 19.6 Å². The predicted octanol–water partition coefficient (Wildman–Crippen LogP) is 1.91. The molecule has 0 fully saturated rings. The Kier molecular flexibility index (Phi) is 6.23. The van der Waals surface area contributed by atoms with Gasteiger partial charge in [-0.25, -0.2) is 8.42 Å². The lowest BCUT2D eigenvalue weighted by Crippen LogP contribution is -2.14. The molecule has 0 N–H and O–H groups in total. The molecule has 0 unspecified atom stereocenters. The first-order valence-electron chi connectivity index (χ1n) is 7.45. The maximum absolute atomic E-state index is 12.2. The Labute approximate surface area is 149 Å². The van der Waals surface area contributed by atoms with Crippen LogP contribution in [0.3, 0.4) is 0 Å². The third kappa shape index (κ3) is 4.99. The van der Waals surface area contributed by atoms with E-state index in [1.54, 1.807) is 24.3 Å². The van der Waals surface area contributed by atoms with Gasteiger partial charge in [-0.05, 0) is 21.5 Å². The van der Waals surface area contributed by atoms with Crippen molar-refractivity contribution in [3.63, 3.8) is 0 Å². The van der Waals surface area contributed by atoms with E-state index < -0.39 is 37.3 Å². The highest BCUT2D eigenvalue weighted by Gasteiger charge is 2.27. The standard InChI is InChI=1S/C16H16N2O7S/c1-24-15(19)9-10-26(22,23)14-8-7-13(16(17-14)18(20)21)25-11-12-5-3-2-4-6-12/h2-8H,9-11H2,1H3. The minimum Gasteiger partial charge on any atom is -0.481 e. The van der Waals surface area contributed by atoms with Crippen LogP contribution in [0.15, 0.2) is 47.5 Å². The third-order valence-corrected chi connectivity index (χ3v) is 4.95. The Balaban J connectivity index is 2.22. The molecular formula is C16H16N2O7S. The fourth-order valence-corrected chi connectivity index (χ4v) is 3.14. The molecule has 0 amide bonds. The van der Waals surface area contributed by atoms with E-state index in [4.69, 9.17) is 4.74 Å². The van der Waals surface area contributed by atoms with Gasteiger partial charge in [-0.15, -0.1) is 0 Å². The molecule has 138 valence electrons. The number of carbonyl (C=O) groups excluding carboxylic acids is 1. The van der Waals surface area contributed by atoms with Crippen LogP contribution in [0.5, 0.6) is 5.75 Å². The van der Waals surface area contributed by atoms with Crippen molar-refractivity contribution in [2.45, 2.75) is 18.1 Å². The summed E-state index contributed by atoms with van der Waals surface area (Å²) in [6, 6.07) is 11.3. The number of ether oxygens (including phenoxy) is 2. The number of rotatable bonds is 8. The Morgan fingerprint density at radius 2 is 1.88 bits per heavy atom. The highest BCUT2D eigenvalue weighted by atomic mass is 32.2. The van der Waals surface area contributed by atoms with Crippen molar-refractivity contribution in [3.05, 3.63) is 58.1 Å². The number of esters is 1. The van der Waals surface area contributed by atoms with Gasteiger partial charge in [0.15, 0.2) is 0 Å². The first kappa shape index (κ1) is 19.3. The van der Waals surface area contributed by atoms with Crippen LogP contribution in [0.2, 0.25) is 0 Å². The van der Waals surface area contributed by atoms with Crippen molar-refractivity contribution >= 4 is 21.6 Å². The molecule has 9 nitrogen and oxygen atoms in total. The van der Waals surface area contributed by atoms with Crippen LogP contribution < -0.4 is 4.74 Å². The molecule has 0 spiro atoms. The molecule has 0 aliphatic carbocycles. The molecule has 10 heteroatoms. The van der Waals surface area contributed by atoms with Crippen LogP contribution in [-0.2, 0) is 26.0 Å². The van der Waals surface area contributed by atoms with E-state index in [9.17, 15) is 23.3 Å². The quantitative estimate of drug-likeness (QED) is 0.386. The van der Waals surface area contributed by atoms with Crippen LogP contribution in [0.1, 0.15) is 12.0 Å². The number of nitrogens with zero attached hydrogens (tertiary/aromatic N) is 2. The molecule has 0 radical (unpaired) electrons. The summed E-state index contributed by atoms with van der Waals surface area (Å²) in [7, 11) is -2.84. The fraction of sp³-hybridized carbons (Fsp3) is 0.250. The maximum Gasteiger partial charge on any atom is 0.407 e. The molecule has 0 saturated carbocycles. The van der Waals surface area contributed by atoms with Gasteiger partial charge in [0.1, 0.15) is 6.61 Å². The molecule has 0 atom stereocenters. The Bertz CT molecular complexity index is 898. The minimum absolute atomic E-state index is 0.0673. The van der Waals surface area contributed by atoms with Crippen molar-refractivity contribution in [2.75, 3.05) is 12.9 Å². The average molecular weight is 380 g/mol. The van der Waals surface area contributed by atoms with E-state index in [-0.39, 0.29) is 18.8 Å². The number of benzene rings is 1. The Hall–Kier alpha value is -3.01. The van der Waals surface area contributed by atoms with Crippen LogP contribution in [0.4, 0.5) is 5.82 Å². The maximum atomic E-state index is 12.2. The molecular weight excluding hydrogens is 364 g/mol. The summed E-state index contributed by atoms with van der Waals surface area (Å²) in [4.78, 5) is 25.1. The van der Waals surface area contributed by atoms with Crippen LogP contribution >= 0.6 is 0 Å². The molecule has 0 aliphatic rings. The van der Waals surface area contributed by atoms with Crippen LogP contribution in [0.25, 0.3) is 0 Å². The fourth-order valence-electron chi connectivity index (χ4n) is 1.99. The van der Waals surface area contributed by atoms with Crippen molar-refractivity contribution in [3.8, 4) is 5.75 Å². The van der Waals surface area contributed by atoms with Gasteiger partial charge in [-0.2, -0.15) is 0 Å². The number of methoxy groups -OCH3 is 1. The van der Waals surface area contributed by atoms with E-state index in [2.05, 4.69) is 9.72 Å². The molecule has 0 saturated heterocycles. The van der Waals surface area contributed by atoms with Crippen molar-refractivity contribution in [1.29, 1.82) is 0 Å². The minimum atomic E-state index is -3.98. The summed E-state index contributed by atoms with van der Waals surface area (Å²) in [6.45, 7) is 0.0673. The lowest BCUT2D eigenvalue weighted by atomic mass is 10.2. The number of hydrogen-bond donors (Lipinski definition) is 0. The largest absolute Gasteiger partial charge is 0.481 e. The van der Waals surface area contributed by atoms with E-state index in [0.29, 0.717) is 0 Å². The SMILES string of the molecule is COC(=O)CCS(=O)(=O)c1ccc(OCc2ccccc2)c([N+](=O)[O-])n1. The molecule has 0 aliphatic heterocycles. The van der Waals surface area contributed by atoms with E-state index in [1.807, 2.05) is 6.07 Å². The molecule has 2 aromatic rings. The predicted molar refractivity (Wildman–Crippen MR) is 90.4 cm³/mol. The zero-order valence-electron chi connectivity index (χ0n) is 13.8. The Morgan fingerprint density at radius 1 is 1.19 bits per heavy atom. The van der Waals surface area contributed by atoms with Crippen LogP contribution in [0, 0.1) is 10.1 Å². The van der Waals surface area contributed by atoms with Gasteiger partial charge in [0, 0.05) is 6.07 Å². The summed E-state index contributed by atoms with van der Waals surface area (Å²) in [5, 5.41) is 10.7. The molecule has 1 aromatic carbocycles. The van der Waals surface area contributed by atoms with Gasteiger partial charge in [0.05, 0.1) is 19.3 Å². The van der Waals surface area contributed by atoms with Gasteiger partial charge >= 0.3 is 11.8 Å². The van der Waals surface area contributed by atoms with Gasteiger partial charge in [-0.3, -0.25) is 4.79 Å². The van der Waals surface area contributed by atoms with Crippen molar-refractivity contribution in [1.82, 2.24) is 4.98 Å². The first-order chi connectivity index (χ1) is 12.3. The van der Waals surface area contributed by atoms with E-state index in [0.717, 1.165) is 18.7 Å². The number of aromatic nitrogens is 1. The van der Waals surface area contributed by atoms with Crippen molar-refractivity contribution < 1.29 is 27.6 Å². The number of sulfone groups is 1. The molecule has 1 heterocycles. The average Bonchev–Trinajstić information content (AvgIpc) is 2.65.